The van der Waals surface area contributed by atoms with Crippen LogP contribution in [-0.4, -0.2) is 15.9 Å². The molecule has 5 nitrogen and oxygen atoms in total. The van der Waals surface area contributed by atoms with Gasteiger partial charge in [0, 0.05) is 22.1 Å². The van der Waals surface area contributed by atoms with Crippen molar-refractivity contribution in [1.29, 1.82) is 0 Å². The van der Waals surface area contributed by atoms with Crippen LogP contribution in [0.3, 0.4) is 0 Å². The molecule has 24 heavy (non-hydrogen) atoms. The summed E-state index contributed by atoms with van der Waals surface area (Å²) in [7, 11) is 0. The maximum absolute atomic E-state index is 12.5. The van der Waals surface area contributed by atoms with Crippen molar-refractivity contribution in [1.82, 2.24) is 9.97 Å². The summed E-state index contributed by atoms with van der Waals surface area (Å²) in [5.74, 6) is 0.0962. The number of amides is 1. The van der Waals surface area contributed by atoms with Gasteiger partial charge < -0.3 is 10.7 Å². The maximum atomic E-state index is 12.5. The van der Waals surface area contributed by atoms with Crippen LogP contribution in [0, 0.1) is 0 Å². The Morgan fingerprint density at radius 1 is 1.17 bits per heavy atom. The lowest BCUT2D eigenvalue weighted by Crippen LogP contribution is -2.13. The molecule has 0 unspecified atom stereocenters. The molecule has 2 aromatic carbocycles. The van der Waals surface area contributed by atoms with Crippen LogP contribution in [0.2, 0.25) is 0 Å². The Hall–Kier alpha value is -2.99. The number of nitrogens with two attached hydrogens (primary N) is 1. The fourth-order valence-electron chi connectivity index (χ4n) is 2.79. The fourth-order valence-corrected chi connectivity index (χ4v) is 3.88. The topological polar surface area (TPSA) is 88.8 Å². The van der Waals surface area contributed by atoms with E-state index in [1.165, 1.54) is 11.3 Å². The quantitative estimate of drug-likeness (QED) is 0.603. The largest absolute Gasteiger partial charge is 0.366 e. The van der Waals surface area contributed by atoms with Crippen molar-refractivity contribution in [3.8, 4) is 0 Å². The van der Waals surface area contributed by atoms with Crippen molar-refractivity contribution in [2.45, 2.75) is 6.42 Å². The number of hydrogen-bond acceptors (Lipinski definition) is 4. The Bertz CT molecular complexity index is 1140. The van der Waals surface area contributed by atoms with Gasteiger partial charge in [0.15, 0.2) is 0 Å². The zero-order valence-electron chi connectivity index (χ0n) is 12.6. The lowest BCUT2D eigenvalue weighted by Gasteiger charge is -2.03. The number of rotatable bonds is 3. The molecule has 0 saturated carbocycles. The number of hydrogen-bond donors (Lipinski definition) is 2. The van der Waals surface area contributed by atoms with Crippen molar-refractivity contribution in [3.05, 3.63) is 75.8 Å². The number of primary amides is 1. The van der Waals surface area contributed by atoms with Gasteiger partial charge in [-0.3, -0.25) is 9.59 Å². The molecule has 0 aliphatic heterocycles. The van der Waals surface area contributed by atoms with Crippen LogP contribution in [0.1, 0.15) is 21.7 Å². The van der Waals surface area contributed by atoms with Crippen molar-refractivity contribution < 1.29 is 4.79 Å². The van der Waals surface area contributed by atoms with Gasteiger partial charge in [0.1, 0.15) is 10.7 Å². The average Bonchev–Trinajstić information content (AvgIpc) is 2.93. The van der Waals surface area contributed by atoms with Gasteiger partial charge in [-0.15, -0.1) is 11.3 Å². The monoisotopic (exact) mass is 335 g/mol. The Labute approximate surface area is 140 Å². The van der Waals surface area contributed by atoms with Gasteiger partial charge in [0.25, 0.3) is 5.56 Å². The van der Waals surface area contributed by atoms with Crippen LogP contribution in [0.15, 0.2) is 53.3 Å². The Morgan fingerprint density at radius 3 is 2.83 bits per heavy atom. The molecule has 6 heteroatoms. The third-order valence-electron chi connectivity index (χ3n) is 3.88. The molecule has 0 radical (unpaired) electrons. The van der Waals surface area contributed by atoms with Crippen molar-refractivity contribution in [3.63, 3.8) is 0 Å². The highest BCUT2D eigenvalue weighted by Gasteiger charge is 2.12. The van der Waals surface area contributed by atoms with E-state index in [1.54, 1.807) is 18.2 Å². The van der Waals surface area contributed by atoms with E-state index in [0.717, 1.165) is 20.5 Å². The van der Waals surface area contributed by atoms with E-state index in [-0.39, 0.29) is 5.56 Å². The van der Waals surface area contributed by atoms with Crippen LogP contribution in [-0.2, 0) is 6.42 Å². The second kappa shape index (κ2) is 5.58. The van der Waals surface area contributed by atoms with E-state index < -0.39 is 5.91 Å². The number of thiophene rings is 1. The smallest absolute Gasteiger partial charge is 0.260 e. The minimum atomic E-state index is -0.474. The minimum Gasteiger partial charge on any atom is -0.366 e. The predicted molar refractivity (Wildman–Crippen MR) is 95.5 cm³/mol. The first kappa shape index (κ1) is 14.6. The van der Waals surface area contributed by atoms with Gasteiger partial charge in [-0.05, 0) is 23.8 Å². The lowest BCUT2D eigenvalue weighted by molar-refractivity contribution is 0.1000. The molecule has 118 valence electrons. The van der Waals surface area contributed by atoms with Crippen LogP contribution in [0.25, 0.3) is 20.3 Å². The number of aromatic amines is 1. The maximum Gasteiger partial charge on any atom is 0.260 e. The second-order valence-electron chi connectivity index (χ2n) is 5.53. The first-order valence-electron chi connectivity index (χ1n) is 7.41. The molecule has 0 saturated heterocycles. The first-order valence-corrected chi connectivity index (χ1v) is 8.22. The molecule has 3 N–H and O–H groups in total. The van der Waals surface area contributed by atoms with E-state index >= 15 is 0 Å². The van der Waals surface area contributed by atoms with E-state index in [2.05, 4.69) is 9.97 Å². The third-order valence-corrected chi connectivity index (χ3v) is 4.95. The van der Waals surface area contributed by atoms with Crippen molar-refractivity contribution >= 4 is 37.5 Å². The number of carbonyl (C=O) groups is 1. The summed E-state index contributed by atoms with van der Waals surface area (Å²) >= 11 is 1.50. The van der Waals surface area contributed by atoms with Gasteiger partial charge in [0.2, 0.25) is 5.91 Å². The molecule has 0 spiro atoms. The third kappa shape index (κ3) is 2.47. The summed E-state index contributed by atoms with van der Waals surface area (Å²) in [6.07, 6.45) is 0.431. The van der Waals surface area contributed by atoms with Gasteiger partial charge in [0.05, 0.1) is 5.39 Å². The van der Waals surface area contributed by atoms with Crippen LogP contribution >= 0.6 is 11.3 Å². The van der Waals surface area contributed by atoms with E-state index in [0.29, 0.717) is 23.2 Å². The Balaban J connectivity index is 1.80. The molecule has 2 aromatic heterocycles. The van der Waals surface area contributed by atoms with E-state index in [1.807, 2.05) is 30.3 Å². The summed E-state index contributed by atoms with van der Waals surface area (Å²) in [4.78, 5) is 31.9. The second-order valence-corrected chi connectivity index (χ2v) is 6.56. The predicted octanol–water partition coefficient (Wildman–Crippen LogP) is 2.83. The summed E-state index contributed by atoms with van der Waals surface area (Å²) in [6, 6.07) is 14.8. The van der Waals surface area contributed by atoms with Crippen LogP contribution < -0.4 is 11.3 Å². The molecule has 1 amide bonds. The van der Waals surface area contributed by atoms with Gasteiger partial charge in [-0.2, -0.15) is 0 Å². The van der Waals surface area contributed by atoms with Gasteiger partial charge in [-0.1, -0.05) is 30.3 Å². The number of nitrogens with one attached hydrogen (secondary N) is 1. The molecule has 4 rings (SSSR count). The summed E-state index contributed by atoms with van der Waals surface area (Å²) in [5, 5.41) is 1.55. The Kier molecular flexibility index (Phi) is 3.39. The van der Waals surface area contributed by atoms with E-state index in [9.17, 15) is 9.59 Å². The molecule has 0 bridgehead atoms. The molecule has 0 atom stereocenters. The van der Waals surface area contributed by atoms with Crippen molar-refractivity contribution in [2.24, 2.45) is 5.73 Å². The highest BCUT2D eigenvalue weighted by Crippen LogP contribution is 2.30. The number of aromatic nitrogens is 2. The minimum absolute atomic E-state index is 0.140. The van der Waals surface area contributed by atoms with Gasteiger partial charge in [-0.25, -0.2) is 4.98 Å². The summed E-state index contributed by atoms with van der Waals surface area (Å²) in [6.45, 7) is 0. The zero-order valence-corrected chi connectivity index (χ0v) is 13.4. The van der Waals surface area contributed by atoms with Gasteiger partial charge >= 0.3 is 0 Å². The molecular weight excluding hydrogens is 322 g/mol. The SMILES string of the molecule is NC(=O)c1cccc(Cc2nc3sc4ccccc4c3c(=O)[nH]2)c1. The number of carbonyl (C=O) groups excluding carboxylic acids is 1. The standard InChI is InChI=1S/C18H13N3O2S/c19-16(22)11-5-3-4-10(8-11)9-14-20-17(23)15-12-6-1-2-7-13(12)24-18(15)21-14/h1-8H,9H2,(H2,19,22)(H,20,21,23). The molecule has 4 aromatic rings. The highest BCUT2D eigenvalue weighted by atomic mass is 32.1. The molecule has 2 heterocycles. The summed E-state index contributed by atoms with van der Waals surface area (Å²) in [5.41, 5.74) is 6.48. The van der Waals surface area contributed by atoms with Crippen LogP contribution in [0.4, 0.5) is 0 Å². The molecule has 0 fully saturated rings. The lowest BCUT2D eigenvalue weighted by atomic mass is 10.1. The van der Waals surface area contributed by atoms with Crippen LogP contribution in [0.5, 0.6) is 0 Å². The zero-order chi connectivity index (χ0) is 16.7. The molecular formula is C18H13N3O2S. The first-order chi connectivity index (χ1) is 11.6. The number of H-pyrrole nitrogens is 1. The number of nitrogens with zero attached hydrogens (tertiary/aromatic N) is 1. The Morgan fingerprint density at radius 2 is 2.00 bits per heavy atom. The normalized spacial score (nSPS) is 11.2. The average molecular weight is 335 g/mol. The number of benzene rings is 2. The summed E-state index contributed by atoms with van der Waals surface area (Å²) < 4.78 is 1.04. The molecule has 0 aliphatic carbocycles. The number of fused-ring (bicyclic) bond motifs is 3. The fraction of sp³-hybridized carbons (Fsp3) is 0.0556. The highest BCUT2D eigenvalue weighted by molar-refractivity contribution is 7.25. The van der Waals surface area contributed by atoms with Crippen molar-refractivity contribution in [2.75, 3.05) is 0 Å². The van der Waals surface area contributed by atoms with E-state index in [4.69, 9.17) is 5.73 Å². The molecule has 0 aliphatic rings.